The molecule has 17 heavy (non-hydrogen) atoms. The van der Waals surface area contributed by atoms with Gasteiger partial charge in [-0.3, -0.25) is 0 Å². The van der Waals surface area contributed by atoms with Gasteiger partial charge in [0.15, 0.2) is 10.6 Å². The van der Waals surface area contributed by atoms with Crippen molar-refractivity contribution >= 4 is 11.2 Å². The van der Waals surface area contributed by atoms with Crippen LogP contribution in [-0.4, -0.2) is 9.66 Å². The minimum absolute atomic E-state index is 0.137. The molecule has 2 aromatic rings. The molecule has 1 aliphatic rings. The van der Waals surface area contributed by atoms with Crippen LogP contribution in [0, 0.1) is 6.92 Å². The van der Waals surface area contributed by atoms with Crippen LogP contribution >= 0.6 is 0 Å². The van der Waals surface area contributed by atoms with Gasteiger partial charge in [0, 0.05) is 28.7 Å². The molecule has 0 aliphatic carbocycles. The van der Waals surface area contributed by atoms with Gasteiger partial charge in [-0.1, -0.05) is 24.3 Å². The summed E-state index contributed by atoms with van der Waals surface area (Å²) in [5.41, 5.74) is 3.18. The van der Waals surface area contributed by atoms with Gasteiger partial charge in [0.05, 0.1) is 0 Å². The molecule has 0 saturated carbocycles. The Morgan fingerprint density at radius 3 is 2.76 bits per heavy atom. The van der Waals surface area contributed by atoms with Gasteiger partial charge in [0.25, 0.3) is 0 Å². The summed E-state index contributed by atoms with van der Waals surface area (Å²) >= 11 is -1.26. The second-order valence-corrected chi connectivity index (χ2v) is 5.65. The average Bonchev–Trinajstić information content (AvgIpc) is 2.34. The molecular formula is C14H12O2S. The average molecular weight is 244 g/mol. The van der Waals surface area contributed by atoms with Gasteiger partial charge < -0.3 is 9.66 Å². The predicted octanol–water partition coefficient (Wildman–Crippen LogP) is 2.77. The molecule has 2 aromatic carbocycles. The van der Waals surface area contributed by atoms with Crippen LogP contribution in [0.5, 0.6) is 5.75 Å². The lowest BCUT2D eigenvalue weighted by molar-refractivity contribution is 0.456. The number of aromatic hydroxyl groups is 1. The van der Waals surface area contributed by atoms with Gasteiger partial charge in [-0.05, 0) is 24.6 Å². The van der Waals surface area contributed by atoms with E-state index in [1.807, 2.05) is 37.3 Å². The van der Waals surface area contributed by atoms with E-state index in [1.165, 1.54) is 0 Å². The lowest BCUT2D eigenvalue weighted by atomic mass is 9.99. The van der Waals surface area contributed by atoms with E-state index in [9.17, 15) is 9.66 Å². The Bertz CT molecular complexity index is 593. The summed E-state index contributed by atoms with van der Waals surface area (Å²) in [6.45, 7) is 1.99. The monoisotopic (exact) mass is 244 g/mol. The third-order valence-electron chi connectivity index (χ3n) is 3.20. The number of hydrogen-bond acceptors (Lipinski definition) is 2. The first-order chi connectivity index (χ1) is 8.18. The van der Waals surface area contributed by atoms with Gasteiger partial charge in [0.2, 0.25) is 4.90 Å². The highest BCUT2D eigenvalue weighted by atomic mass is 32.2. The fourth-order valence-electron chi connectivity index (χ4n) is 2.27. The highest BCUT2D eigenvalue weighted by Crippen LogP contribution is 2.40. The van der Waals surface area contributed by atoms with E-state index in [0.29, 0.717) is 4.90 Å². The Labute approximate surface area is 103 Å². The van der Waals surface area contributed by atoms with E-state index < -0.39 is 11.2 Å². The number of fused-ring (bicyclic) bond motifs is 2. The normalized spacial score (nSPS) is 17.4. The molecule has 0 aromatic heterocycles. The van der Waals surface area contributed by atoms with Crippen LogP contribution in [0.3, 0.4) is 0 Å². The van der Waals surface area contributed by atoms with Crippen molar-refractivity contribution in [2.75, 3.05) is 0 Å². The van der Waals surface area contributed by atoms with Crippen LogP contribution in [0.2, 0.25) is 0 Å². The molecule has 2 nitrogen and oxygen atoms in total. The first-order valence-electron chi connectivity index (χ1n) is 5.49. The SMILES string of the molecule is Cc1ccc(O)c2c1Cc1ccccc1[S+]2[O-]. The fraction of sp³-hybridized carbons (Fsp3) is 0.143. The molecule has 0 fully saturated rings. The van der Waals surface area contributed by atoms with E-state index in [4.69, 9.17) is 0 Å². The smallest absolute Gasteiger partial charge is 0.203 e. The van der Waals surface area contributed by atoms with Crippen LogP contribution in [-0.2, 0) is 17.6 Å². The largest absolute Gasteiger partial charge is 0.606 e. The van der Waals surface area contributed by atoms with Crippen molar-refractivity contribution < 1.29 is 9.66 Å². The molecule has 0 saturated heterocycles. The zero-order valence-electron chi connectivity index (χ0n) is 9.43. The summed E-state index contributed by atoms with van der Waals surface area (Å²) in [7, 11) is 0. The number of rotatable bonds is 0. The Hall–Kier alpha value is -1.45. The molecule has 86 valence electrons. The van der Waals surface area contributed by atoms with Gasteiger partial charge in [-0.25, -0.2) is 0 Å². The number of phenolic OH excluding ortho intramolecular Hbond substituents is 1. The van der Waals surface area contributed by atoms with Crippen molar-refractivity contribution in [1.82, 2.24) is 0 Å². The van der Waals surface area contributed by atoms with Crippen LogP contribution in [0.25, 0.3) is 0 Å². The van der Waals surface area contributed by atoms with E-state index in [0.717, 1.165) is 28.0 Å². The quantitative estimate of drug-likeness (QED) is 0.724. The van der Waals surface area contributed by atoms with Crippen LogP contribution in [0.1, 0.15) is 16.7 Å². The van der Waals surface area contributed by atoms with E-state index in [-0.39, 0.29) is 5.75 Å². The molecule has 0 amide bonds. The summed E-state index contributed by atoms with van der Waals surface area (Å²) in [5, 5.41) is 9.88. The summed E-state index contributed by atoms with van der Waals surface area (Å²) < 4.78 is 12.4. The number of aryl methyl sites for hydroxylation is 1. The maximum atomic E-state index is 12.4. The topological polar surface area (TPSA) is 43.3 Å². The molecule has 1 unspecified atom stereocenters. The minimum atomic E-state index is -1.26. The van der Waals surface area contributed by atoms with Crippen molar-refractivity contribution in [3.63, 3.8) is 0 Å². The van der Waals surface area contributed by atoms with Gasteiger partial charge in [0.1, 0.15) is 0 Å². The maximum Gasteiger partial charge on any atom is 0.203 e. The van der Waals surface area contributed by atoms with Crippen molar-refractivity contribution in [2.24, 2.45) is 0 Å². The third kappa shape index (κ3) is 1.54. The van der Waals surface area contributed by atoms with Gasteiger partial charge in [-0.15, -0.1) is 0 Å². The highest BCUT2D eigenvalue weighted by Gasteiger charge is 2.31. The molecule has 1 heterocycles. The van der Waals surface area contributed by atoms with E-state index >= 15 is 0 Å². The third-order valence-corrected chi connectivity index (χ3v) is 4.82. The number of phenols is 1. The van der Waals surface area contributed by atoms with Crippen molar-refractivity contribution in [1.29, 1.82) is 0 Å². The molecule has 3 rings (SSSR count). The Kier molecular flexibility index (Phi) is 2.38. The zero-order valence-corrected chi connectivity index (χ0v) is 10.3. The van der Waals surface area contributed by atoms with Gasteiger partial charge >= 0.3 is 0 Å². The molecule has 1 N–H and O–H groups in total. The Morgan fingerprint density at radius 2 is 1.94 bits per heavy atom. The van der Waals surface area contributed by atoms with E-state index in [1.54, 1.807) is 6.07 Å². The van der Waals surface area contributed by atoms with Crippen LogP contribution in [0.15, 0.2) is 46.2 Å². The van der Waals surface area contributed by atoms with Crippen LogP contribution in [0.4, 0.5) is 0 Å². The number of hydrogen-bond donors (Lipinski definition) is 1. The lowest BCUT2D eigenvalue weighted by Gasteiger charge is -2.23. The minimum Gasteiger partial charge on any atom is -0.606 e. The summed E-state index contributed by atoms with van der Waals surface area (Å²) in [4.78, 5) is 1.41. The summed E-state index contributed by atoms with van der Waals surface area (Å²) in [5.74, 6) is 0.137. The standard InChI is InChI=1S/C14H12O2S/c1-9-6-7-12(15)14-11(9)8-10-4-2-3-5-13(10)17(14)16/h2-7,15H,8H2,1H3. The highest BCUT2D eigenvalue weighted by molar-refractivity contribution is 7.91. The lowest BCUT2D eigenvalue weighted by Crippen LogP contribution is -2.15. The first kappa shape index (κ1) is 10.7. The molecule has 1 atom stereocenters. The maximum absolute atomic E-state index is 12.4. The van der Waals surface area contributed by atoms with E-state index in [2.05, 4.69) is 0 Å². The molecular weight excluding hydrogens is 232 g/mol. The summed E-state index contributed by atoms with van der Waals surface area (Å²) in [6.07, 6.45) is 0.748. The van der Waals surface area contributed by atoms with Crippen molar-refractivity contribution in [3.05, 3.63) is 53.1 Å². The Balaban J connectivity index is 2.26. The Morgan fingerprint density at radius 1 is 1.18 bits per heavy atom. The fourth-order valence-corrected chi connectivity index (χ4v) is 3.79. The van der Waals surface area contributed by atoms with Crippen molar-refractivity contribution in [2.45, 2.75) is 23.1 Å². The molecule has 1 aliphatic heterocycles. The molecule has 3 heteroatoms. The second kappa shape index (κ2) is 3.79. The predicted molar refractivity (Wildman–Crippen MR) is 66.8 cm³/mol. The zero-order chi connectivity index (χ0) is 12.0. The molecule has 0 spiro atoms. The van der Waals surface area contributed by atoms with Gasteiger partial charge in [-0.2, -0.15) is 0 Å². The van der Waals surface area contributed by atoms with Crippen LogP contribution < -0.4 is 0 Å². The molecule has 0 bridgehead atoms. The number of benzene rings is 2. The first-order valence-corrected chi connectivity index (χ1v) is 6.64. The van der Waals surface area contributed by atoms with Crippen molar-refractivity contribution in [3.8, 4) is 5.75 Å². The summed E-state index contributed by atoms with van der Waals surface area (Å²) in [6, 6.07) is 11.2. The second-order valence-electron chi connectivity index (χ2n) is 4.26. The molecule has 0 radical (unpaired) electrons.